The molecular formula is CH8FI2O2PS. The van der Waals surface area contributed by atoms with Crippen LogP contribution in [0.25, 0.3) is 0 Å². The van der Waals surface area contributed by atoms with E-state index in [2.05, 4.69) is 0 Å². The second kappa shape index (κ2) is 16.0. The molecule has 8 heavy (non-hydrogen) atoms. The van der Waals surface area contributed by atoms with Crippen LogP contribution in [0.15, 0.2) is 0 Å². The molecule has 56 valence electrons. The Balaban J connectivity index is -0.0000000315. The lowest BCUT2D eigenvalue weighted by molar-refractivity contribution is 0.823. The van der Waals surface area contributed by atoms with Crippen molar-refractivity contribution in [3.8, 4) is 0 Å². The molecule has 0 heterocycles. The molecule has 0 saturated carbocycles. The lowest BCUT2D eigenvalue weighted by Crippen LogP contribution is -1.26. The zero-order valence-electron chi connectivity index (χ0n) is 4.88. The molecule has 4 N–H and O–H groups in total. The van der Waals surface area contributed by atoms with Crippen molar-refractivity contribution in [1.29, 1.82) is 0 Å². The van der Waals surface area contributed by atoms with Crippen LogP contribution in [0.2, 0.25) is 0 Å². The van der Waals surface area contributed by atoms with E-state index < -0.39 is 0 Å². The summed E-state index contributed by atoms with van der Waals surface area (Å²) in [5.74, 6) is 0. The predicted octanol–water partition coefficient (Wildman–Crippen LogP) is 2.04. The van der Waals surface area contributed by atoms with Crippen molar-refractivity contribution in [2.45, 2.75) is 7.43 Å². The summed E-state index contributed by atoms with van der Waals surface area (Å²) in [6, 6.07) is 0. The smallest absolute Gasteiger partial charge is 0.206 e. The molecule has 0 unspecified atom stereocenters. The monoisotopic (exact) mass is 390 g/mol. The van der Waals surface area contributed by atoms with E-state index in [4.69, 9.17) is 13.8 Å². The van der Waals surface area contributed by atoms with Crippen molar-refractivity contribution < 1.29 is 18.0 Å². The second-order valence-corrected chi connectivity index (χ2v) is 16.8. The van der Waals surface area contributed by atoms with Gasteiger partial charge in [0, 0.05) is 42.4 Å². The average Bonchev–Trinajstić information content (AvgIpc) is 1.97. The minimum atomic E-state index is -0.0770. The summed E-state index contributed by atoms with van der Waals surface area (Å²) in [6.07, 6.45) is 0. The van der Waals surface area contributed by atoms with Crippen LogP contribution in [0.4, 0.5) is 4.20 Å². The first kappa shape index (κ1) is 12.6. The lowest BCUT2D eigenvalue weighted by atomic mass is 12.0. The Kier molecular flexibility index (Phi) is 25.2. The quantitative estimate of drug-likeness (QED) is 0.449. The second-order valence-electron chi connectivity index (χ2n) is 0.265. The Morgan fingerprint density at radius 3 is 1.62 bits per heavy atom. The summed E-state index contributed by atoms with van der Waals surface area (Å²) in [4.78, 5) is 0. The van der Waals surface area contributed by atoms with Crippen molar-refractivity contribution in [2.75, 3.05) is 0 Å². The summed E-state index contributed by atoms with van der Waals surface area (Å²) < 4.78 is 20.5. The molecule has 0 aromatic rings. The molecule has 0 atom stereocenters. The first-order valence-electron chi connectivity index (χ1n) is 1.55. The molecule has 2 nitrogen and oxygen atoms in total. The Hall–Kier alpha value is 1.96. The topological polar surface area (TPSA) is 63.0 Å². The minimum absolute atomic E-state index is 0. The molecule has 0 aliphatic heterocycles. The van der Waals surface area contributed by atoms with Gasteiger partial charge in [-0.3, -0.25) is 0 Å². The molecular weight excluding hydrogens is 380 g/mol. The molecule has 0 amide bonds. The largest absolute Gasteiger partial charge is 0.412 e. The van der Waals surface area contributed by atoms with Gasteiger partial charge in [-0.1, -0.05) is 7.43 Å². The van der Waals surface area contributed by atoms with Gasteiger partial charge in [0.2, 0.25) is 2.86 Å². The van der Waals surface area contributed by atoms with Gasteiger partial charge in [-0.25, -0.2) is 0 Å². The van der Waals surface area contributed by atoms with Crippen LogP contribution in [0.3, 0.4) is 0 Å². The lowest BCUT2D eigenvalue weighted by Gasteiger charge is -1.65. The third-order valence-corrected chi connectivity index (χ3v) is 3.15. The highest BCUT2D eigenvalue weighted by Crippen LogP contribution is 2.19. The average molecular weight is 390 g/mol. The van der Waals surface area contributed by atoms with Crippen LogP contribution in [0.5, 0.6) is 0 Å². The maximum Gasteiger partial charge on any atom is 0.206 e. The summed E-state index contributed by atoms with van der Waals surface area (Å²) in [7, 11) is -0.00198. The Labute approximate surface area is 79.3 Å². The van der Waals surface area contributed by atoms with Gasteiger partial charge in [0.1, 0.15) is 0 Å². The first-order valence-corrected chi connectivity index (χ1v) is 8.36. The maximum absolute atomic E-state index is 11.1. The molecule has 0 aliphatic carbocycles. The van der Waals surface area contributed by atoms with Gasteiger partial charge >= 0.3 is 0 Å². The Morgan fingerprint density at radius 2 is 1.62 bits per heavy atom. The molecule has 0 saturated heterocycles. The highest BCUT2D eigenvalue weighted by molar-refractivity contribution is 14.3. The zero-order valence-corrected chi connectivity index (χ0v) is 8.91. The molecule has 0 fully saturated rings. The molecule has 0 rings (SSSR count). The Morgan fingerprint density at radius 1 is 1.50 bits per heavy atom. The number of rotatable bonds is 0. The zero-order chi connectivity index (χ0) is 8.28. The van der Waals surface area contributed by atoms with Gasteiger partial charge < -0.3 is 11.0 Å². The van der Waals surface area contributed by atoms with E-state index in [1.54, 1.807) is 0 Å². The fourth-order valence-electron chi connectivity index (χ4n) is 0. The van der Waals surface area contributed by atoms with Crippen LogP contribution in [-0.2, 0) is 4.42 Å². The van der Waals surface area contributed by atoms with E-state index in [1.165, 1.54) is 0 Å². The third-order valence-electron chi connectivity index (χ3n) is 0.0522. The van der Waals surface area contributed by atoms with Crippen LogP contribution < -0.4 is 0 Å². The van der Waals surface area contributed by atoms with Gasteiger partial charge in [-0.15, -0.1) is 0 Å². The van der Waals surface area contributed by atoms with Crippen molar-refractivity contribution in [3.63, 3.8) is 0 Å². The molecule has 0 aromatic heterocycles. The summed E-state index contributed by atoms with van der Waals surface area (Å²) in [6.45, 7) is 0. The van der Waals surface area contributed by atoms with Crippen molar-refractivity contribution >= 4 is 54.5 Å². The Bertz CT molecular complexity index is 65.2. The van der Waals surface area contributed by atoms with Gasteiger partial charge in [0.05, 0.1) is 0 Å². The normalized spacial score (nSPS) is 8.25. The van der Waals surface area contributed by atoms with Crippen LogP contribution in [0.1, 0.15) is 10.3 Å². The van der Waals surface area contributed by atoms with Crippen molar-refractivity contribution in [1.82, 2.24) is 0 Å². The van der Waals surface area contributed by atoms with Crippen LogP contribution >= 0.6 is 50.1 Å². The van der Waals surface area contributed by atoms with E-state index >= 15 is 0 Å². The summed E-state index contributed by atoms with van der Waals surface area (Å²) >= 11 is 4.07. The summed E-state index contributed by atoms with van der Waals surface area (Å²) in [5.41, 5.74) is 12.5. The van der Waals surface area contributed by atoms with E-state index in [0.717, 1.165) is 0 Å². The van der Waals surface area contributed by atoms with Crippen molar-refractivity contribution in [2.24, 2.45) is 0 Å². The third kappa shape index (κ3) is 24.6. The fourth-order valence-corrected chi connectivity index (χ4v) is 0. The SMILES string of the molecule is C.FP=S(I)I.[2H]O.[2H]O. The highest BCUT2D eigenvalue weighted by atomic mass is 127. The van der Waals surface area contributed by atoms with Crippen LogP contribution in [0, 0.1) is 0 Å². The van der Waals surface area contributed by atoms with E-state index in [0.29, 0.717) is 0 Å². The number of halogens is 3. The molecule has 0 aliphatic rings. The van der Waals surface area contributed by atoms with E-state index in [1.807, 2.05) is 42.4 Å². The molecule has 0 bridgehead atoms. The van der Waals surface area contributed by atoms with E-state index in [9.17, 15) is 4.20 Å². The molecule has 0 radical (unpaired) electrons. The molecule has 7 heteroatoms. The van der Waals surface area contributed by atoms with Gasteiger partial charge in [-0.2, -0.15) is 4.20 Å². The van der Waals surface area contributed by atoms with Crippen LogP contribution in [-0.4, -0.2) is 11.0 Å². The maximum atomic E-state index is 11.1. The predicted molar refractivity (Wildman–Crippen MR) is 57.4 cm³/mol. The van der Waals surface area contributed by atoms with E-state index in [-0.39, 0.29) is 19.5 Å². The number of hydrogen-bond acceptors (Lipinski definition) is 0. The fraction of sp³-hybridized carbons (Fsp3) is 1.00. The van der Waals surface area contributed by atoms with Crippen molar-refractivity contribution in [3.05, 3.63) is 0 Å². The van der Waals surface area contributed by atoms with Gasteiger partial charge in [0.15, 0.2) is 7.67 Å². The highest BCUT2D eigenvalue weighted by Gasteiger charge is 1.69. The first-order chi connectivity index (χ1) is 4.27. The number of hydrogen-bond donors (Lipinski definition) is 0. The van der Waals surface area contributed by atoms with Gasteiger partial charge in [-0.05, 0) is 4.42 Å². The van der Waals surface area contributed by atoms with Gasteiger partial charge in [0.25, 0.3) is 0 Å². The molecule has 0 aromatic carbocycles. The summed E-state index contributed by atoms with van der Waals surface area (Å²) in [5, 5.41) is 0. The molecule has 0 spiro atoms. The minimum Gasteiger partial charge on any atom is -0.412 e. The standard InChI is InChI=1S/CH4.FI2PS.2H2O/c;1-4-5(2)3;;/h1H4;;2*1H2/i/hD2.